The van der Waals surface area contributed by atoms with Crippen molar-refractivity contribution in [2.24, 2.45) is 0 Å². The van der Waals surface area contributed by atoms with Crippen molar-refractivity contribution in [1.82, 2.24) is 14.5 Å². The molecule has 2 aromatic heterocycles. The Kier molecular flexibility index (Phi) is 6.76. The van der Waals surface area contributed by atoms with Gasteiger partial charge in [0.05, 0.1) is 12.6 Å². The number of halogens is 2. The molecule has 0 aliphatic carbocycles. The SMILES string of the molecule is O=C(O)c1ccc2nc(Cc3ccc(-c4cccc5c4OCC(c4ccc(Cl)cc4F)O5)cc3)n(C[C@@H]3CCO3)c2n1. The maximum atomic E-state index is 14.5. The van der Waals surface area contributed by atoms with E-state index in [2.05, 4.69) is 4.98 Å². The summed E-state index contributed by atoms with van der Waals surface area (Å²) in [6.07, 6.45) is 0.945. The number of carboxylic acid groups (broad SMARTS) is 1. The molecular weight excluding hydrogens is 561 g/mol. The lowest BCUT2D eigenvalue weighted by Crippen LogP contribution is -2.32. The van der Waals surface area contributed by atoms with Crippen LogP contribution in [-0.4, -0.2) is 44.9 Å². The molecule has 0 spiro atoms. The van der Waals surface area contributed by atoms with Gasteiger partial charge >= 0.3 is 5.97 Å². The lowest BCUT2D eigenvalue weighted by molar-refractivity contribution is -0.0590. The van der Waals surface area contributed by atoms with Crippen LogP contribution in [0.4, 0.5) is 4.39 Å². The first-order chi connectivity index (χ1) is 20.4. The van der Waals surface area contributed by atoms with Crippen LogP contribution in [0.2, 0.25) is 5.02 Å². The van der Waals surface area contributed by atoms with Gasteiger partial charge in [-0.3, -0.25) is 0 Å². The van der Waals surface area contributed by atoms with Crippen molar-refractivity contribution in [1.29, 1.82) is 0 Å². The maximum Gasteiger partial charge on any atom is 0.354 e. The van der Waals surface area contributed by atoms with E-state index < -0.39 is 17.9 Å². The standard InChI is InChI=1S/C32H25ClFN3O5/c33-20-8-9-23(24(34)15-20)28-17-41-30-22(2-1-3-27(30)42-28)19-6-4-18(5-7-19)14-29-35-25-10-11-26(32(38)39)36-31(25)37(29)16-21-12-13-40-21/h1-11,15,21,28H,12-14,16-17H2,(H,38,39)/t21-,28?/m0/s1. The molecule has 4 heterocycles. The molecule has 42 heavy (non-hydrogen) atoms. The number of pyridine rings is 1. The normalized spacial score (nSPS) is 17.7. The predicted octanol–water partition coefficient (Wildman–Crippen LogP) is 6.48. The Hall–Kier alpha value is -4.47. The lowest BCUT2D eigenvalue weighted by Gasteiger charge is -2.28. The van der Waals surface area contributed by atoms with Crippen molar-refractivity contribution in [3.8, 4) is 22.6 Å². The van der Waals surface area contributed by atoms with Crippen molar-refractivity contribution in [2.75, 3.05) is 13.2 Å². The Balaban J connectivity index is 1.14. The number of carboxylic acids is 1. The van der Waals surface area contributed by atoms with Crippen LogP contribution in [0.15, 0.2) is 72.8 Å². The molecule has 1 unspecified atom stereocenters. The number of benzene rings is 3. The van der Waals surface area contributed by atoms with Crippen LogP contribution < -0.4 is 9.47 Å². The summed E-state index contributed by atoms with van der Waals surface area (Å²) in [6.45, 7) is 1.45. The molecule has 0 radical (unpaired) electrons. The van der Waals surface area contributed by atoms with E-state index in [0.29, 0.717) is 46.2 Å². The number of hydrogen-bond acceptors (Lipinski definition) is 6. The molecule has 0 bridgehead atoms. The molecule has 1 saturated heterocycles. The summed E-state index contributed by atoms with van der Waals surface area (Å²) in [7, 11) is 0. The van der Waals surface area contributed by atoms with Crippen LogP contribution in [0.5, 0.6) is 11.5 Å². The Morgan fingerprint density at radius 2 is 1.90 bits per heavy atom. The fraction of sp³-hybridized carbons (Fsp3) is 0.219. The van der Waals surface area contributed by atoms with Gasteiger partial charge in [-0.2, -0.15) is 0 Å². The zero-order valence-electron chi connectivity index (χ0n) is 22.3. The summed E-state index contributed by atoms with van der Waals surface area (Å²) in [5.74, 6) is 0.434. The van der Waals surface area contributed by atoms with Gasteiger partial charge in [0, 0.05) is 29.2 Å². The fourth-order valence-corrected chi connectivity index (χ4v) is 5.52. The second kappa shape index (κ2) is 10.7. The summed E-state index contributed by atoms with van der Waals surface area (Å²) in [5.41, 5.74) is 4.41. The van der Waals surface area contributed by atoms with E-state index in [1.54, 1.807) is 18.2 Å². The van der Waals surface area contributed by atoms with Gasteiger partial charge in [-0.15, -0.1) is 0 Å². The zero-order chi connectivity index (χ0) is 28.8. The first kappa shape index (κ1) is 26.4. The van der Waals surface area contributed by atoms with Crippen molar-refractivity contribution >= 4 is 28.7 Å². The first-order valence-electron chi connectivity index (χ1n) is 13.6. The molecule has 10 heteroatoms. The maximum absolute atomic E-state index is 14.5. The molecule has 5 aromatic rings. The zero-order valence-corrected chi connectivity index (χ0v) is 23.1. The van der Waals surface area contributed by atoms with Crippen LogP contribution in [0.25, 0.3) is 22.3 Å². The minimum absolute atomic E-state index is 0.0175. The largest absolute Gasteiger partial charge is 0.485 e. The van der Waals surface area contributed by atoms with E-state index >= 15 is 0 Å². The van der Waals surface area contributed by atoms with Crippen LogP contribution in [0.3, 0.4) is 0 Å². The summed E-state index contributed by atoms with van der Waals surface area (Å²) in [4.78, 5) is 20.7. The number of imidazole rings is 1. The minimum Gasteiger partial charge on any atom is -0.485 e. The minimum atomic E-state index is -1.08. The van der Waals surface area contributed by atoms with Gasteiger partial charge in [0.1, 0.15) is 23.8 Å². The highest BCUT2D eigenvalue weighted by Gasteiger charge is 2.27. The first-order valence-corrected chi connectivity index (χ1v) is 14.0. The van der Waals surface area contributed by atoms with Gasteiger partial charge in [0.15, 0.2) is 28.9 Å². The number of para-hydroxylation sites is 1. The molecule has 1 N–H and O–H groups in total. The highest BCUT2D eigenvalue weighted by molar-refractivity contribution is 6.30. The van der Waals surface area contributed by atoms with Crippen LogP contribution in [0, 0.1) is 5.82 Å². The third kappa shape index (κ3) is 4.95. The predicted molar refractivity (Wildman–Crippen MR) is 154 cm³/mol. The molecule has 2 atom stereocenters. The van der Waals surface area contributed by atoms with E-state index in [1.165, 1.54) is 12.1 Å². The molecule has 212 valence electrons. The average Bonchev–Trinajstić information content (AvgIpc) is 3.30. The highest BCUT2D eigenvalue weighted by atomic mass is 35.5. The third-order valence-electron chi connectivity index (χ3n) is 7.63. The van der Waals surface area contributed by atoms with Gasteiger partial charge in [0.2, 0.25) is 0 Å². The van der Waals surface area contributed by atoms with Crippen molar-refractivity contribution < 1.29 is 28.5 Å². The second-order valence-corrected chi connectivity index (χ2v) is 10.8. The quantitative estimate of drug-likeness (QED) is 0.233. The number of rotatable bonds is 7. The molecular formula is C32H25ClFN3O5. The van der Waals surface area contributed by atoms with E-state index in [0.717, 1.165) is 35.5 Å². The molecule has 2 aliphatic heterocycles. The van der Waals surface area contributed by atoms with Crippen molar-refractivity contribution in [3.05, 3.63) is 106 Å². The molecule has 8 nitrogen and oxygen atoms in total. The number of hydrogen-bond donors (Lipinski definition) is 1. The third-order valence-corrected chi connectivity index (χ3v) is 7.87. The Labute approximate surface area is 245 Å². The van der Waals surface area contributed by atoms with Crippen LogP contribution in [-0.2, 0) is 17.7 Å². The Morgan fingerprint density at radius 1 is 1.07 bits per heavy atom. The van der Waals surface area contributed by atoms with E-state index in [-0.39, 0.29) is 18.4 Å². The molecule has 0 saturated carbocycles. The molecule has 0 amide bonds. The van der Waals surface area contributed by atoms with Gasteiger partial charge in [-0.1, -0.05) is 54.1 Å². The average molecular weight is 586 g/mol. The number of nitrogens with zero attached hydrogens (tertiary/aromatic N) is 3. The van der Waals surface area contributed by atoms with Crippen molar-refractivity contribution in [2.45, 2.75) is 31.6 Å². The lowest BCUT2D eigenvalue weighted by atomic mass is 10.0. The van der Waals surface area contributed by atoms with Gasteiger partial charge in [0.25, 0.3) is 0 Å². The van der Waals surface area contributed by atoms with Crippen LogP contribution >= 0.6 is 11.6 Å². The summed E-state index contributed by atoms with van der Waals surface area (Å²) < 4.78 is 34.4. The summed E-state index contributed by atoms with van der Waals surface area (Å²) in [5, 5.41) is 9.77. The van der Waals surface area contributed by atoms with Crippen LogP contribution in [0.1, 0.15) is 40.0 Å². The molecule has 2 aliphatic rings. The number of ether oxygens (including phenoxy) is 3. The summed E-state index contributed by atoms with van der Waals surface area (Å²) in [6, 6.07) is 21.5. The van der Waals surface area contributed by atoms with E-state index in [1.807, 2.05) is 47.0 Å². The number of aromatic nitrogens is 3. The summed E-state index contributed by atoms with van der Waals surface area (Å²) >= 11 is 5.91. The second-order valence-electron chi connectivity index (χ2n) is 10.4. The molecule has 1 fully saturated rings. The van der Waals surface area contributed by atoms with E-state index in [4.69, 9.17) is 30.8 Å². The Bertz CT molecular complexity index is 1820. The number of aromatic carboxylic acids is 1. The number of fused-ring (bicyclic) bond motifs is 2. The highest BCUT2D eigenvalue weighted by Crippen LogP contribution is 2.43. The van der Waals surface area contributed by atoms with Crippen molar-refractivity contribution in [3.63, 3.8) is 0 Å². The molecule has 7 rings (SSSR count). The number of carbonyl (C=O) groups is 1. The monoisotopic (exact) mass is 585 g/mol. The Morgan fingerprint density at radius 3 is 2.64 bits per heavy atom. The fourth-order valence-electron chi connectivity index (χ4n) is 5.36. The molecule has 3 aromatic carbocycles. The smallest absolute Gasteiger partial charge is 0.354 e. The van der Waals surface area contributed by atoms with Gasteiger partial charge in [-0.25, -0.2) is 19.2 Å². The van der Waals surface area contributed by atoms with Gasteiger partial charge in [-0.05, 0) is 47.9 Å². The van der Waals surface area contributed by atoms with Gasteiger partial charge < -0.3 is 23.9 Å². The topological polar surface area (TPSA) is 95.7 Å². The van der Waals surface area contributed by atoms with E-state index in [9.17, 15) is 14.3 Å².